The summed E-state index contributed by atoms with van der Waals surface area (Å²) in [5, 5.41) is 17.1. The van der Waals surface area contributed by atoms with Crippen molar-refractivity contribution in [2.75, 3.05) is 38.0 Å². The summed E-state index contributed by atoms with van der Waals surface area (Å²) in [4.78, 5) is 24.5. The zero-order chi connectivity index (χ0) is 15.2. The Balaban J connectivity index is 2.01. The number of rotatable bonds is 4. The Bertz CT molecular complexity index is 530. The first-order valence-electron chi connectivity index (χ1n) is 6.73. The second-order valence-corrected chi connectivity index (χ2v) is 5.28. The van der Waals surface area contributed by atoms with Crippen molar-refractivity contribution < 1.29 is 9.72 Å². The van der Waals surface area contributed by atoms with E-state index in [0.717, 1.165) is 32.6 Å². The van der Waals surface area contributed by atoms with Crippen LogP contribution in [0.2, 0.25) is 5.02 Å². The first-order chi connectivity index (χ1) is 10.1. The number of hydrogen-bond donors (Lipinski definition) is 2. The molecule has 8 heteroatoms. The molecule has 1 aliphatic heterocycles. The van der Waals surface area contributed by atoms with Crippen molar-refractivity contribution in [1.29, 1.82) is 0 Å². The Morgan fingerprint density at radius 3 is 3.00 bits per heavy atom. The number of nitro benzene ring substituents is 1. The number of amides is 1. The topological polar surface area (TPSA) is 87.5 Å². The molecule has 0 atom stereocenters. The van der Waals surface area contributed by atoms with E-state index in [2.05, 4.69) is 10.6 Å². The van der Waals surface area contributed by atoms with Gasteiger partial charge in [0.1, 0.15) is 5.69 Å². The van der Waals surface area contributed by atoms with Crippen LogP contribution in [0.1, 0.15) is 6.42 Å². The molecule has 0 unspecified atom stereocenters. The number of anilines is 1. The molecule has 1 aliphatic rings. The van der Waals surface area contributed by atoms with Gasteiger partial charge in [0, 0.05) is 24.2 Å². The lowest BCUT2D eigenvalue weighted by atomic mass is 10.2. The lowest BCUT2D eigenvalue weighted by Gasteiger charge is -2.18. The van der Waals surface area contributed by atoms with E-state index in [1.54, 1.807) is 0 Å². The highest BCUT2D eigenvalue weighted by Gasteiger charge is 2.18. The van der Waals surface area contributed by atoms with Gasteiger partial charge in [-0.15, -0.1) is 0 Å². The molecule has 0 radical (unpaired) electrons. The van der Waals surface area contributed by atoms with Gasteiger partial charge in [-0.1, -0.05) is 11.6 Å². The molecule has 1 aromatic carbocycles. The molecule has 1 fully saturated rings. The van der Waals surface area contributed by atoms with Gasteiger partial charge in [0.25, 0.3) is 5.69 Å². The lowest BCUT2D eigenvalue weighted by Crippen LogP contribution is -2.35. The molecule has 0 aromatic heterocycles. The lowest BCUT2D eigenvalue weighted by molar-refractivity contribution is -0.383. The molecule has 0 spiro atoms. The maximum Gasteiger partial charge on any atom is 0.292 e. The average Bonchev–Trinajstić information content (AvgIpc) is 2.66. The summed E-state index contributed by atoms with van der Waals surface area (Å²) in [6.07, 6.45) is 0.977. The predicted molar refractivity (Wildman–Crippen MR) is 80.7 cm³/mol. The number of nitrogens with one attached hydrogen (secondary N) is 2. The molecular formula is C13H17ClN4O3. The van der Waals surface area contributed by atoms with Crippen LogP contribution in [0.15, 0.2) is 18.2 Å². The highest BCUT2D eigenvalue weighted by molar-refractivity contribution is 6.31. The van der Waals surface area contributed by atoms with Crippen molar-refractivity contribution in [3.05, 3.63) is 33.3 Å². The number of halogens is 1. The Kier molecular flexibility index (Phi) is 5.49. The average molecular weight is 313 g/mol. The standard InChI is InChI=1S/C13H17ClN4O3/c14-10-2-3-12(18(20)21)11(8-10)16-13(19)9-17-6-1-4-15-5-7-17/h2-3,8,15H,1,4-7,9H2,(H,16,19). The van der Waals surface area contributed by atoms with E-state index >= 15 is 0 Å². The van der Waals surface area contributed by atoms with Crippen LogP contribution in [-0.4, -0.2) is 48.5 Å². The van der Waals surface area contributed by atoms with Crippen LogP contribution in [-0.2, 0) is 4.79 Å². The van der Waals surface area contributed by atoms with Crippen molar-refractivity contribution >= 4 is 28.9 Å². The quantitative estimate of drug-likeness (QED) is 0.649. The summed E-state index contributed by atoms with van der Waals surface area (Å²) >= 11 is 5.83. The molecule has 2 N–H and O–H groups in total. The summed E-state index contributed by atoms with van der Waals surface area (Å²) in [7, 11) is 0. The zero-order valence-corrected chi connectivity index (χ0v) is 12.2. The Morgan fingerprint density at radius 1 is 1.43 bits per heavy atom. The number of nitro groups is 1. The third kappa shape index (κ3) is 4.66. The smallest absolute Gasteiger partial charge is 0.292 e. The van der Waals surface area contributed by atoms with Crippen molar-refractivity contribution in [3.8, 4) is 0 Å². The monoisotopic (exact) mass is 312 g/mol. The molecule has 114 valence electrons. The van der Waals surface area contributed by atoms with Gasteiger partial charge in [-0.05, 0) is 31.6 Å². The number of carbonyl (C=O) groups excluding carboxylic acids is 1. The summed E-state index contributed by atoms with van der Waals surface area (Å²) in [5.41, 5.74) is -0.0317. The van der Waals surface area contributed by atoms with Crippen molar-refractivity contribution in [1.82, 2.24) is 10.2 Å². The molecule has 1 saturated heterocycles. The van der Waals surface area contributed by atoms with Crippen LogP contribution in [0.25, 0.3) is 0 Å². The fourth-order valence-corrected chi connectivity index (χ4v) is 2.39. The summed E-state index contributed by atoms with van der Waals surface area (Å²) in [6.45, 7) is 3.61. The molecule has 0 saturated carbocycles. The predicted octanol–water partition coefficient (Wildman–Crippen LogP) is 1.48. The molecule has 1 amide bonds. The van der Waals surface area contributed by atoms with Crippen LogP contribution in [0.4, 0.5) is 11.4 Å². The van der Waals surface area contributed by atoms with Gasteiger partial charge >= 0.3 is 0 Å². The van der Waals surface area contributed by atoms with E-state index in [-0.39, 0.29) is 23.8 Å². The molecule has 2 rings (SSSR count). The van der Waals surface area contributed by atoms with E-state index in [4.69, 9.17) is 11.6 Å². The second kappa shape index (κ2) is 7.35. The van der Waals surface area contributed by atoms with E-state index in [0.29, 0.717) is 5.02 Å². The van der Waals surface area contributed by atoms with E-state index < -0.39 is 4.92 Å². The molecule has 1 aromatic rings. The Hall–Kier alpha value is -1.70. The third-order valence-corrected chi connectivity index (χ3v) is 3.46. The van der Waals surface area contributed by atoms with E-state index in [1.165, 1.54) is 18.2 Å². The maximum absolute atomic E-state index is 12.0. The van der Waals surface area contributed by atoms with Gasteiger partial charge < -0.3 is 10.6 Å². The molecule has 0 aliphatic carbocycles. The van der Waals surface area contributed by atoms with Crippen LogP contribution >= 0.6 is 11.6 Å². The summed E-state index contributed by atoms with van der Waals surface area (Å²) in [5.74, 6) is -0.276. The van der Waals surface area contributed by atoms with Gasteiger partial charge in [-0.3, -0.25) is 19.8 Å². The summed E-state index contributed by atoms with van der Waals surface area (Å²) in [6, 6.07) is 4.10. The SMILES string of the molecule is O=C(CN1CCCNCC1)Nc1cc(Cl)ccc1[N+](=O)[O-]. The van der Waals surface area contributed by atoms with Gasteiger partial charge in [-0.2, -0.15) is 0 Å². The minimum Gasteiger partial charge on any atom is -0.319 e. The van der Waals surface area contributed by atoms with Crippen molar-refractivity contribution in [3.63, 3.8) is 0 Å². The highest BCUT2D eigenvalue weighted by atomic mass is 35.5. The number of nitrogens with zero attached hydrogens (tertiary/aromatic N) is 2. The molecular weight excluding hydrogens is 296 g/mol. The van der Waals surface area contributed by atoms with Crippen LogP contribution < -0.4 is 10.6 Å². The van der Waals surface area contributed by atoms with E-state index in [9.17, 15) is 14.9 Å². The maximum atomic E-state index is 12.0. The number of benzene rings is 1. The molecule has 21 heavy (non-hydrogen) atoms. The first kappa shape index (κ1) is 15.7. The van der Waals surface area contributed by atoms with Gasteiger partial charge in [-0.25, -0.2) is 0 Å². The first-order valence-corrected chi connectivity index (χ1v) is 7.11. The largest absolute Gasteiger partial charge is 0.319 e. The number of hydrogen-bond acceptors (Lipinski definition) is 5. The molecule has 0 bridgehead atoms. The fourth-order valence-electron chi connectivity index (χ4n) is 2.22. The van der Waals surface area contributed by atoms with Crippen LogP contribution in [0.5, 0.6) is 0 Å². The van der Waals surface area contributed by atoms with Crippen LogP contribution in [0.3, 0.4) is 0 Å². The Morgan fingerprint density at radius 2 is 2.24 bits per heavy atom. The van der Waals surface area contributed by atoms with Crippen LogP contribution in [0, 0.1) is 10.1 Å². The van der Waals surface area contributed by atoms with Crippen molar-refractivity contribution in [2.24, 2.45) is 0 Å². The van der Waals surface area contributed by atoms with Gasteiger partial charge in [0.2, 0.25) is 5.91 Å². The minimum atomic E-state index is -0.540. The van der Waals surface area contributed by atoms with E-state index in [1.807, 2.05) is 4.90 Å². The Labute approximate surface area is 127 Å². The van der Waals surface area contributed by atoms with Gasteiger partial charge in [0.05, 0.1) is 11.5 Å². The van der Waals surface area contributed by atoms with Crippen molar-refractivity contribution in [2.45, 2.75) is 6.42 Å². The molecule has 1 heterocycles. The fraction of sp³-hybridized carbons (Fsp3) is 0.462. The number of carbonyl (C=O) groups is 1. The highest BCUT2D eigenvalue weighted by Crippen LogP contribution is 2.27. The zero-order valence-electron chi connectivity index (χ0n) is 11.5. The normalized spacial score (nSPS) is 16.2. The molecule has 7 nitrogen and oxygen atoms in total. The summed E-state index contributed by atoms with van der Waals surface area (Å²) < 4.78 is 0. The minimum absolute atomic E-state index is 0.130. The third-order valence-electron chi connectivity index (χ3n) is 3.23. The van der Waals surface area contributed by atoms with Gasteiger partial charge in [0.15, 0.2) is 0 Å². The second-order valence-electron chi connectivity index (χ2n) is 4.85.